The van der Waals surface area contributed by atoms with Gasteiger partial charge in [-0.25, -0.2) is 9.37 Å². The highest BCUT2D eigenvalue weighted by atomic mass is 19.1. The van der Waals surface area contributed by atoms with Crippen molar-refractivity contribution in [2.24, 2.45) is 0 Å². The number of nitrogens with two attached hydrogens (primary N) is 1. The number of hydrogen-bond donors (Lipinski definition) is 2. The summed E-state index contributed by atoms with van der Waals surface area (Å²) in [6, 6.07) is 11.5. The maximum Gasteiger partial charge on any atom is 0.131 e. The molecule has 140 valence electrons. The number of nitrogen functional groups attached to an aromatic ring is 1. The molecule has 2 aromatic carbocycles. The number of aryl methyl sites for hydroxylation is 1. The molecule has 3 aromatic rings. The molecule has 2 heterocycles. The maximum atomic E-state index is 14.6. The Labute approximate surface area is 159 Å². The Hall–Kier alpha value is -2.66. The third kappa shape index (κ3) is 3.60. The summed E-state index contributed by atoms with van der Waals surface area (Å²) in [6.45, 7) is 4.09. The fourth-order valence-corrected chi connectivity index (χ4v) is 3.91. The van der Waals surface area contributed by atoms with E-state index in [4.69, 9.17) is 5.73 Å². The Morgan fingerprint density at radius 2 is 1.96 bits per heavy atom. The fourth-order valence-electron chi connectivity index (χ4n) is 3.91. The second-order valence-electron chi connectivity index (χ2n) is 7.51. The average molecular weight is 364 g/mol. The van der Waals surface area contributed by atoms with Gasteiger partial charge in [-0.05, 0) is 75.3 Å². The number of pyridine rings is 1. The van der Waals surface area contributed by atoms with E-state index in [9.17, 15) is 4.39 Å². The van der Waals surface area contributed by atoms with Crippen molar-refractivity contribution < 1.29 is 4.39 Å². The number of benzene rings is 2. The Morgan fingerprint density at radius 1 is 1.19 bits per heavy atom. The quantitative estimate of drug-likeness (QED) is 0.721. The van der Waals surface area contributed by atoms with Gasteiger partial charge in [0.15, 0.2) is 0 Å². The van der Waals surface area contributed by atoms with Gasteiger partial charge in [0.05, 0.1) is 0 Å². The van der Waals surface area contributed by atoms with E-state index in [0.717, 1.165) is 53.5 Å². The Bertz CT molecular complexity index is 957. The van der Waals surface area contributed by atoms with Gasteiger partial charge >= 0.3 is 0 Å². The van der Waals surface area contributed by atoms with Crippen LogP contribution in [0.1, 0.15) is 18.4 Å². The molecule has 1 saturated heterocycles. The molecule has 1 aliphatic rings. The zero-order valence-electron chi connectivity index (χ0n) is 15.8. The van der Waals surface area contributed by atoms with Gasteiger partial charge in [-0.3, -0.25) is 0 Å². The molecule has 0 amide bonds. The van der Waals surface area contributed by atoms with Crippen LogP contribution in [0.25, 0.3) is 21.9 Å². The number of aromatic nitrogens is 1. The monoisotopic (exact) mass is 364 g/mol. The van der Waals surface area contributed by atoms with Crippen LogP contribution in [0.15, 0.2) is 42.6 Å². The number of halogens is 1. The van der Waals surface area contributed by atoms with Gasteiger partial charge in [-0.2, -0.15) is 0 Å². The minimum Gasteiger partial charge on any atom is -0.384 e. The molecule has 4 rings (SSSR count). The third-order valence-electron chi connectivity index (χ3n) is 5.45. The molecule has 1 aliphatic heterocycles. The highest BCUT2D eigenvalue weighted by molar-refractivity contribution is 5.98. The number of nitrogens with one attached hydrogen (secondary N) is 1. The van der Waals surface area contributed by atoms with Crippen LogP contribution in [0.2, 0.25) is 0 Å². The highest BCUT2D eigenvalue weighted by Crippen LogP contribution is 2.35. The molecule has 3 N–H and O–H groups in total. The SMILES string of the molecule is Cc1cccc(F)c1-c1cc(NC2CCN(C)CC2)c2cc(N)ncc2c1. The summed E-state index contributed by atoms with van der Waals surface area (Å²) in [4.78, 5) is 6.58. The summed E-state index contributed by atoms with van der Waals surface area (Å²) in [5.74, 6) is 0.284. The average Bonchev–Trinajstić information content (AvgIpc) is 2.64. The van der Waals surface area contributed by atoms with Gasteiger partial charge in [0.2, 0.25) is 0 Å². The molecule has 0 unspecified atom stereocenters. The van der Waals surface area contributed by atoms with Gasteiger partial charge in [0, 0.05) is 34.3 Å². The highest BCUT2D eigenvalue weighted by Gasteiger charge is 2.18. The normalized spacial score (nSPS) is 16.0. The molecule has 0 atom stereocenters. The van der Waals surface area contributed by atoms with E-state index in [1.54, 1.807) is 12.3 Å². The van der Waals surface area contributed by atoms with Crippen molar-refractivity contribution in [3.63, 3.8) is 0 Å². The van der Waals surface area contributed by atoms with Crippen LogP contribution >= 0.6 is 0 Å². The van der Waals surface area contributed by atoms with Crippen LogP contribution in [0.4, 0.5) is 15.9 Å². The minimum absolute atomic E-state index is 0.206. The van der Waals surface area contributed by atoms with E-state index in [2.05, 4.69) is 22.2 Å². The van der Waals surface area contributed by atoms with E-state index < -0.39 is 0 Å². The molecular formula is C22H25FN4. The lowest BCUT2D eigenvalue weighted by Crippen LogP contribution is -2.36. The second kappa shape index (κ2) is 7.16. The van der Waals surface area contributed by atoms with Crippen LogP contribution in [-0.2, 0) is 0 Å². The summed E-state index contributed by atoms with van der Waals surface area (Å²) in [5, 5.41) is 5.67. The van der Waals surface area contributed by atoms with Crippen molar-refractivity contribution in [3.8, 4) is 11.1 Å². The van der Waals surface area contributed by atoms with Crippen LogP contribution in [0, 0.1) is 12.7 Å². The number of likely N-dealkylation sites (tertiary alicyclic amines) is 1. The number of hydrogen-bond acceptors (Lipinski definition) is 4. The Kier molecular flexibility index (Phi) is 4.70. The smallest absolute Gasteiger partial charge is 0.131 e. The van der Waals surface area contributed by atoms with E-state index in [1.165, 1.54) is 6.07 Å². The summed E-state index contributed by atoms with van der Waals surface area (Å²) in [6.07, 6.45) is 3.94. The molecule has 0 spiro atoms. The fraction of sp³-hybridized carbons (Fsp3) is 0.318. The molecule has 0 aliphatic carbocycles. The van der Waals surface area contributed by atoms with Gasteiger partial charge < -0.3 is 16.0 Å². The molecule has 1 aromatic heterocycles. The van der Waals surface area contributed by atoms with Gasteiger partial charge in [-0.15, -0.1) is 0 Å². The molecule has 4 nitrogen and oxygen atoms in total. The first-order chi connectivity index (χ1) is 13.0. The largest absolute Gasteiger partial charge is 0.384 e. The topological polar surface area (TPSA) is 54.2 Å². The number of nitrogens with zero attached hydrogens (tertiary/aromatic N) is 2. The number of piperidine rings is 1. The molecule has 1 fully saturated rings. The van der Waals surface area contributed by atoms with Crippen LogP contribution < -0.4 is 11.1 Å². The van der Waals surface area contributed by atoms with E-state index in [1.807, 2.05) is 31.2 Å². The van der Waals surface area contributed by atoms with Gasteiger partial charge in [0.1, 0.15) is 11.6 Å². The standard InChI is InChI=1S/C22H25FN4/c1-14-4-3-5-19(23)22(14)15-10-16-13-25-21(24)12-18(16)20(11-15)26-17-6-8-27(2)9-7-17/h3-5,10-13,17,26H,6-9H2,1-2H3,(H2,24,25). The minimum atomic E-state index is -0.206. The third-order valence-corrected chi connectivity index (χ3v) is 5.45. The van der Waals surface area contributed by atoms with Crippen molar-refractivity contribution in [2.45, 2.75) is 25.8 Å². The van der Waals surface area contributed by atoms with Crippen molar-refractivity contribution >= 4 is 22.3 Å². The predicted octanol–water partition coefficient (Wildman–Crippen LogP) is 4.44. The lowest BCUT2D eigenvalue weighted by molar-refractivity contribution is 0.264. The maximum absolute atomic E-state index is 14.6. The number of anilines is 2. The second-order valence-corrected chi connectivity index (χ2v) is 7.51. The van der Waals surface area contributed by atoms with Gasteiger partial charge in [0.25, 0.3) is 0 Å². The predicted molar refractivity (Wildman–Crippen MR) is 110 cm³/mol. The first-order valence-electron chi connectivity index (χ1n) is 9.41. The molecule has 0 radical (unpaired) electrons. The Balaban J connectivity index is 1.81. The number of fused-ring (bicyclic) bond motifs is 1. The van der Waals surface area contributed by atoms with Crippen molar-refractivity contribution in [1.29, 1.82) is 0 Å². The molecule has 0 bridgehead atoms. The lowest BCUT2D eigenvalue weighted by Gasteiger charge is -2.30. The van der Waals surface area contributed by atoms with Crippen molar-refractivity contribution in [3.05, 3.63) is 54.0 Å². The molecule has 27 heavy (non-hydrogen) atoms. The summed E-state index contributed by atoms with van der Waals surface area (Å²) < 4.78 is 14.6. The summed E-state index contributed by atoms with van der Waals surface area (Å²) in [7, 11) is 2.15. The first kappa shape index (κ1) is 17.7. The summed E-state index contributed by atoms with van der Waals surface area (Å²) in [5.41, 5.74) is 9.35. The molecule has 5 heteroatoms. The van der Waals surface area contributed by atoms with Gasteiger partial charge in [-0.1, -0.05) is 12.1 Å². The van der Waals surface area contributed by atoms with Crippen LogP contribution in [-0.4, -0.2) is 36.1 Å². The zero-order chi connectivity index (χ0) is 19.0. The van der Waals surface area contributed by atoms with E-state index >= 15 is 0 Å². The molecular weight excluding hydrogens is 339 g/mol. The van der Waals surface area contributed by atoms with Crippen LogP contribution in [0.5, 0.6) is 0 Å². The Morgan fingerprint density at radius 3 is 2.70 bits per heavy atom. The molecule has 0 saturated carbocycles. The first-order valence-corrected chi connectivity index (χ1v) is 9.41. The summed E-state index contributed by atoms with van der Waals surface area (Å²) >= 11 is 0. The van der Waals surface area contributed by atoms with Crippen molar-refractivity contribution in [1.82, 2.24) is 9.88 Å². The van der Waals surface area contributed by atoms with Crippen molar-refractivity contribution in [2.75, 3.05) is 31.2 Å². The zero-order valence-corrected chi connectivity index (χ0v) is 15.8. The van der Waals surface area contributed by atoms with E-state index in [-0.39, 0.29) is 5.82 Å². The lowest BCUT2D eigenvalue weighted by atomic mass is 9.96. The van der Waals surface area contributed by atoms with E-state index in [0.29, 0.717) is 17.4 Å². The van der Waals surface area contributed by atoms with Crippen LogP contribution in [0.3, 0.4) is 0 Å². The number of rotatable bonds is 3.